The first kappa shape index (κ1) is 23.7. The van der Waals surface area contributed by atoms with Gasteiger partial charge in [0.15, 0.2) is 5.96 Å². The number of nitrogens with one attached hydrogen (secondary N) is 3. The van der Waals surface area contributed by atoms with Crippen molar-refractivity contribution in [2.75, 3.05) is 26.7 Å². The zero-order valence-corrected chi connectivity index (χ0v) is 18.1. The molecule has 1 aromatic heterocycles. The molecule has 1 aromatic rings. The number of amides is 1. The summed E-state index contributed by atoms with van der Waals surface area (Å²) in [4.78, 5) is 19.7. The summed E-state index contributed by atoms with van der Waals surface area (Å²) in [6, 6.07) is 3.71. The molecule has 9 heteroatoms. The first-order valence-corrected chi connectivity index (χ1v) is 8.20. The first-order chi connectivity index (χ1) is 11.3. The Morgan fingerprint density at radius 1 is 1.20 bits per heavy atom. The Bertz CT molecular complexity index is 546. The van der Waals surface area contributed by atoms with Crippen molar-refractivity contribution in [3.8, 4) is 0 Å². The quantitative estimate of drug-likeness (QED) is 0.190. The Morgan fingerprint density at radius 3 is 2.40 bits per heavy atom. The number of alkyl carbamates (subject to hydrolysis) is 1. The maximum absolute atomic E-state index is 11.5. The first-order valence-electron chi connectivity index (χ1n) is 7.82. The number of aromatic nitrogens is 1. The third-order valence-corrected chi connectivity index (χ3v) is 3.03. The summed E-state index contributed by atoms with van der Waals surface area (Å²) >= 11 is 5.75. The van der Waals surface area contributed by atoms with Gasteiger partial charge in [-0.3, -0.25) is 4.99 Å². The molecule has 0 aliphatic rings. The fourth-order valence-corrected chi connectivity index (χ4v) is 1.87. The molecule has 7 nitrogen and oxygen atoms in total. The van der Waals surface area contributed by atoms with Gasteiger partial charge in [0.2, 0.25) is 0 Å². The lowest BCUT2D eigenvalue weighted by atomic mass is 10.2. The van der Waals surface area contributed by atoms with Crippen molar-refractivity contribution in [1.82, 2.24) is 20.9 Å². The van der Waals surface area contributed by atoms with Crippen LogP contribution in [0.4, 0.5) is 4.79 Å². The molecule has 0 fully saturated rings. The van der Waals surface area contributed by atoms with E-state index in [1.54, 1.807) is 19.3 Å². The number of hydrogen-bond acceptors (Lipinski definition) is 4. The fourth-order valence-electron chi connectivity index (χ4n) is 1.76. The molecule has 25 heavy (non-hydrogen) atoms. The van der Waals surface area contributed by atoms with E-state index in [4.69, 9.17) is 16.3 Å². The van der Waals surface area contributed by atoms with Crippen molar-refractivity contribution in [3.63, 3.8) is 0 Å². The molecule has 0 radical (unpaired) electrons. The van der Waals surface area contributed by atoms with Crippen LogP contribution >= 0.6 is 35.6 Å². The van der Waals surface area contributed by atoms with Gasteiger partial charge in [-0.2, -0.15) is 0 Å². The zero-order valence-electron chi connectivity index (χ0n) is 15.1. The third-order valence-electron chi connectivity index (χ3n) is 2.80. The number of nitrogens with zero attached hydrogens (tertiary/aromatic N) is 2. The predicted octanol–water partition coefficient (Wildman–Crippen LogP) is 2.59. The maximum atomic E-state index is 11.5. The molecule has 0 saturated carbocycles. The summed E-state index contributed by atoms with van der Waals surface area (Å²) in [6.07, 6.45) is 2.13. The molecule has 0 aromatic carbocycles. The van der Waals surface area contributed by atoms with Crippen molar-refractivity contribution >= 4 is 47.6 Å². The summed E-state index contributed by atoms with van der Waals surface area (Å²) in [5, 5.41) is 9.47. The number of rotatable bonds is 6. The Morgan fingerprint density at radius 2 is 1.84 bits per heavy atom. The number of halogens is 2. The number of pyridine rings is 1. The van der Waals surface area contributed by atoms with Crippen LogP contribution in [-0.2, 0) is 11.2 Å². The molecule has 1 heterocycles. The molecular weight excluding hydrogens is 457 g/mol. The highest BCUT2D eigenvalue weighted by molar-refractivity contribution is 14.0. The van der Waals surface area contributed by atoms with Crippen molar-refractivity contribution in [3.05, 3.63) is 29.0 Å². The summed E-state index contributed by atoms with van der Waals surface area (Å²) in [5.74, 6) is 0.669. The Hall–Kier alpha value is -1.29. The van der Waals surface area contributed by atoms with Gasteiger partial charge in [0.25, 0.3) is 0 Å². The van der Waals surface area contributed by atoms with E-state index < -0.39 is 11.7 Å². The molecule has 0 saturated heterocycles. The van der Waals surface area contributed by atoms with Gasteiger partial charge >= 0.3 is 6.09 Å². The van der Waals surface area contributed by atoms with Crippen LogP contribution in [0.2, 0.25) is 5.15 Å². The van der Waals surface area contributed by atoms with Crippen LogP contribution in [0.1, 0.15) is 26.3 Å². The van der Waals surface area contributed by atoms with Gasteiger partial charge in [-0.15, -0.1) is 24.0 Å². The number of carbonyl (C=O) groups is 1. The Labute approximate surface area is 171 Å². The van der Waals surface area contributed by atoms with Crippen LogP contribution < -0.4 is 16.0 Å². The second-order valence-electron chi connectivity index (χ2n) is 6.09. The van der Waals surface area contributed by atoms with Crippen LogP contribution in [0.5, 0.6) is 0 Å². The SMILES string of the molecule is CN=C(NCCNC(=O)OC(C)(C)C)NCCc1ccc(Cl)nc1.I. The largest absolute Gasteiger partial charge is 0.444 e. The number of ether oxygens (including phenoxy) is 1. The minimum Gasteiger partial charge on any atom is -0.444 e. The van der Waals surface area contributed by atoms with Crippen LogP contribution in [0.15, 0.2) is 23.3 Å². The lowest BCUT2D eigenvalue weighted by Gasteiger charge is -2.19. The van der Waals surface area contributed by atoms with Gasteiger partial charge < -0.3 is 20.7 Å². The summed E-state index contributed by atoms with van der Waals surface area (Å²) in [6.45, 7) is 7.17. The number of guanidine groups is 1. The maximum Gasteiger partial charge on any atom is 0.407 e. The number of hydrogen-bond donors (Lipinski definition) is 3. The average molecular weight is 484 g/mol. The predicted molar refractivity (Wildman–Crippen MR) is 112 cm³/mol. The molecule has 0 aliphatic heterocycles. The van der Waals surface area contributed by atoms with Gasteiger partial charge in [0, 0.05) is 32.9 Å². The summed E-state index contributed by atoms with van der Waals surface area (Å²) in [7, 11) is 1.69. The van der Waals surface area contributed by atoms with E-state index in [0.29, 0.717) is 30.7 Å². The summed E-state index contributed by atoms with van der Waals surface area (Å²) < 4.78 is 5.15. The molecule has 0 atom stereocenters. The van der Waals surface area contributed by atoms with E-state index >= 15 is 0 Å². The molecule has 0 aliphatic carbocycles. The molecule has 1 amide bonds. The standard InChI is InChI=1S/C16H26ClN5O2.HI/c1-16(2,3)24-15(23)21-10-9-20-14(18-4)19-8-7-12-5-6-13(17)22-11-12;/h5-6,11H,7-10H2,1-4H3,(H,21,23)(H2,18,19,20);1H. The monoisotopic (exact) mass is 483 g/mol. The smallest absolute Gasteiger partial charge is 0.407 e. The van der Waals surface area contributed by atoms with Gasteiger partial charge in [-0.25, -0.2) is 9.78 Å². The highest BCUT2D eigenvalue weighted by atomic mass is 127. The third kappa shape index (κ3) is 11.8. The highest BCUT2D eigenvalue weighted by Crippen LogP contribution is 2.06. The van der Waals surface area contributed by atoms with E-state index in [1.165, 1.54) is 0 Å². The molecule has 0 spiro atoms. The molecule has 0 bridgehead atoms. The number of aliphatic imine (C=N–C) groups is 1. The van der Waals surface area contributed by atoms with Gasteiger partial charge in [-0.1, -0.05) is 17.7 Å². The second kappa shape index (κ2) is 12.1. The van der Waals surface area contributed by atoms with Crippen LogP contribution in [0.25, 0.3) is 0 Å². The lowest BCUT2D eigenvalue weighted by Crippen LogP contribution is -2.43. The second-order valence-corrected chi connectivity index (χ2v) is 6.48. The number of carbonyl (C=O) groups excluding carboxylic acids is 1. The molecular formula is C16H27ClIN5O2. The molecule has 3 N–H and O–H groups in total. The van der Waals surface area contributed by atoms with E-state index in [-0.39, 0.29) is 24.0 Å². The average Bonchev–Trinajstić information content (AvgIpc) is 2.49. The van der Waals surface area contributed by atoms with Crippen molar-refractivity contribution < 1.29 is 9.53 Å². The van der Waals surface area contributed by atoms with E-state index in [9.17, 15) is 4.79 Å². The molecule has 0 unspecified atom stereocenters. The lowest BCUT2D eigenvalue weighted by molar-refractivity contribution is 0.0529. The van der Waals surface area contributed by atoms with Crippen LogP contribution in [0.3, 0.4) is 0 Å². The van der Waals surface area contributed by atoms with Gasteiger partial charge in [-0.05, 0) is 38.8 Å². The van der Waals surface area contributed by atoms with Crippen molar-refractivity contribution in [1.29, 1.82) is 0 Å². The van der Waals surface area contributed by atoms with Crippen molar-refractivity contribution in [2.24, 2.45) is 4.99 Å². The fraction of sp³-hybridized carbons (Fsp3) is 0.562. The highest BCUT2D eigenvalue weighted by Gasteiger charge is 2.15. The van der Waals surface area contributed by atoms with E-state index in [2.05, 4.69) is 25.9 Å². The zero-order chi connectivity index (χ0) is 18.0. The van der Waals surface area contributed by atoms with Gasteiger partial charge in [0.1, 0.15) is 10.8 Å². The summed E-state index contributed by atoms with van der Waals surface area (Å²) in [5.41, 5.74) is 0.597. The minimum absolute atomic E-state index is 0. The van der Waals surface area contributed by atoms with Gasteiger partial charge in [0.05, 0.1) is 0 Å². The van der Waals surface area contributed by atoms with Crippen molar-refractivity contribution in [2.45, 2.75) is 32.8 Å². The van der Waals surface area contributed by atoms with E-state index in [0.717, 1.165) is 12.0 Å². The topological polar surface area (TPSA) is 87.6 Å². The minimum atomic E-state index is -0.494. The Balaban J connectivity index is 0.00000576. The Kier molecular flexibility index (Phi) is 11.5. The molecule has 142 valence electrons. The van der Waals surface area contributed by atoms with Crippen LogP contribution in [-0.4, -0.2) is 49.3 Å². The normalized spacial score (nSPS) is 11.3. The van der Waals surface area contributed by atoms with E-state index in [1.807, 2.05) is 26.8 Å². The molecule has 1 rings (SSSR count). The van der Waals surface area contributed by atoms with Crippen LogP contribution in [0, 0.1) is 0 Å².